The van der Waals surface area contributed by atoms with Gasteiger partial charge in [0, 0.05) is 9.79 Å². The summed E-state index contributed by atoms with van der Waals surface area (Å²) in [6.45, 7) is 3.86. The van der Waals surface area contributed by atoms with Gasteiger partial charge in [0.15, 0.2) is 0 Å². The minimum atomic E-state index is 0.294. The lowest BCUT2D eigenvalue weighted by molar-refractivity contribution is 0.470. The molecule has 4 heteroatoms. The van der Waals surface area contributed by atoms with E-state index in [0.29, 0.717) is 11.5 Å². The Morgan fingerprint density at radius 3 is 2.28 bits per heavy atom. The van der Waals surface area contributed by atoms with Gasteiger partial charge < -0.3 is 10.2 Å². The highest BCUT2D eigenvalue weighted by Crippen LogP contribution is 2.40. The van der Waals surface area contributed by atoms with E-state index in [1.807, 2.05) is 32.0 Å². The lowest BCUT2D eigenvalue weighted by Crippen LogP contribution is -1.78. The molecule has 2 nitrogen and oxygen atoms in total. The zero-order valence-corrected chi connectivity index (χ0v) is 11.8. The van der Waals surface area contributed by atoms with Gasteiger partial charge in [0.1, 0.15) is 11.5 Å². The van der Waals surface area contributed by atoms with Crippen LogP contribution in [0.1, 0.15) is 11.1 Å². The maximum absolute atomic E-state index is 9.46. The molecule has 0 aromatic heterocycles. The van der Waals surface area contributed by atoms with Gasteiger partial charge in [0.25, 0.3) is 0 Å². The predicted molar refractivity (Wildman–Crippen MR) is 77.4 cm³/mol. The Morgan fingerprint density at radius 1 is 0.833 bits per heavy atom. The first-order chi connectivity index (χ1) is 8.56. The summed E-state index contributed by atoms with van der Waals surface area (Å²) in [7, 11) is 3.29. The maximum Gasteiger partial charge on any atom is 0.118 e. The van der Waals surface area contributed by atoms with E-state index in [9.17, 15) is 10.2 Å². The zero-order valence-electron chi connectivity index (χ0n) is 10.2. The molecular formula is C14H14O2S2. The second-order valence-corrected chi connectivity index (χ2v) is 6.31. The molecule has 0 spiro atoms. The van der Waals surface area contributed by atoms with Crippen LogP contribution in [0.5, 0.6) is 11.5 Å². The summed E-state index contributed by atoms with van der Waals surface area (Å²) < 4.78 is 0. The van der Waals surface area contributed by atoms with Crippen molar-refractivity contribution >= 4 is 21.6 Å². The number of phenolic OH excluding ortho intramolecular Hbond substituents is 2. The molecule has 0 unspecified atom stereocenters. The number of hydrogen-bond donors (Lipinski definition) is 2. The van der Waals surface area contributed by atoms with E-state index in [0.717, 1.165) is 20.9 Å². The number of benzene rings is 2. The van der Waals surface area contributed by atoms with Crippen molar-refractivity contribution in [2.24, 2.45) is 0 Å². The van der Waals surface area contributed by atoms with Gasteiger partial charge in [-0.15, -0.1) is 0 Å². The van der Waals surface area contributed by atoms with E-state index in [2.05, 4.69) is 0 Å². The van der Waals surface area contributed by atoms with E-state index in [4.69, 9.17) is 0 Å². The van der Waals surface area contributed by atoms with Gasteiger partial charge in [-0.2, -0.15) is 0 Å². The van der Waals surface area contributed by atoms with Gasteiger partial charge >= 0.3 is 0 Å². The molecule has 2 rings (SSSR count). The standard InChI is InChI=1S/C14H14O2S2/c1-9-8-12(4-5-13(9)16)17-18-14-6-3-11(15)7-10(14)2/h3-8,15-16H,1-2H3. The molecule has 0 saturated heterocycles. The van der Waals surface area contributed by atoms with E-state index in [1.165, 1.54) is 0 Å². The van der Waals surface area contributed by atoms with Crippen molar-refractivity contribution in [2.75, 3.05) is 0 Å². The molecule has 2 N–H and O–H groups in total. The van der Waals surface area contributed by atoms with E-state index >= 15 is 0 Å². The summed E-state index contributed by atoms with van der Waals surface area (Å²) in [5, 5.41) is 18.8. The average molecular weight is 278 g/mol. The molecule has 0 heterocycles. The Hall–Kier alpha value is -1.26. The van der Waals surface area contributed by atoms with Crippen LogP contribution in [0, 0.1) is 13.8 Å². The fraction of sp³-hybridized carbons (Fsp3) is 0.143. The first kappa shape index (κ1) is 13.2. The van der Waals surface area contributed by atoms with Crippen LogP contribution in [0.15, 0.2) is 46.2 Å². The molecule has 2 aromatic carbocycles. The second kappa shape index (κ2) is 5.59. The number of hydrogen-bond acceptors (Lipinski definition) is 4. The maximum atomic E-state index is 9.46. The topological polar surface area (TPSA) is 40.5 Å². The summed E-state index contributed by atoms with van der Waals surface area (Å²) in [5.41, 5.74) is 1.94. The molecular weight excluding hydrogens is 264 g/mol. The van der Waals surface area contributed by atoms with Crippen molar-refractivity contribution in [1.82, 2.24) is 0 Å². The van der Waals surface area contributed by atoms with Crippen molar-refractivity contribution < 1.29 is 10.2 Å². The molecule has 94 valence electrons. The Bertz CT molecular complexity index is 568. The Kier molecular flexibility index (Phi) is 4.09. The predicted octanol–water partition coefficient (Wildman–Crippen LogP) is 4.51. The Labute approximate surface area is 114 Å². The molecule has 0 saturated carbocycles. The van der Waals surface area contributed by atoms with Crippen molar-refractivity contribution in [1.29, 1.82) is 0 Å². The van der Waals surface area contributed by atoms with Gasteiger partial charge in [0.05, 0.1) is 0 Å². The first-order valence-electron chi connectivity index (χ1n) is 5.50. The van der Waals surface area contributed by atoms with Crippen LogP contribution in [0.4, 0.5) is 0 Å². The number of rotatable bonds is 3. The van der Waals surface area contributed by atoms with E-state index < -0.39 is 0 Å². The minimum absolute atomic E-state index is 0.294. The van der Waals surface area contributed by atoms with Gasteiger partial charge in [-0.25, -0.2) is 0 Å². The summed E-state index contributed by atoms with van der Waals surface area (Å²) >= 11 is 0. The molecule has 0 atom stereocenters. The SMILES string of the molecule is Cc1cc(SSc2ccc(O)cc2C)ccc1O. The molecule has 18 heavy (non-hydrogen) atoms. The average Bonchev–Trinajstić information content (AvgIpc) is 2.32. The van der Waals surface area contributed by atoms with Crippen LogP contribution < -0.4 is 0 Å². The highest BCUT2D eigenvalue weighted by molar-refractivity contribution is 8.76. The van der Waals surface area contributed by atoms with Crippen LogP contribution in [-0.4, -0.2) is 10.2 Å². The Morgan fingerprint density at radius 2 is 1.61 bits per heavy atom. The molecule has 0 aliphatic rings. The normalized spacial score (nSPS) is 10.6. The van der Waals surface area contributed by atoms with E-state index in [-0.39, 0.29) is 0 Å². The van der Waals surface area contributed by atoms with E-state index in [1.54, 1.807) is 39.8 Å². The monoisotopic (exact) mass is 278 g/mol. The first-order valence-corrected chi connectivity index (χ1v) is 7.65. The summed E-state index contributed by atoms with van der Waals surface area (Å²) in [6.07, 6.45) is 0. The second-order valence-electron chi connectivity index (χ2n) is 4.06. The van der Waals surface area contributed by atoms with Crippen LogP contribution in [0.2, 0.25) is 0 Å². The number of phenols is 2. The van der Waals surface area contributed by atoms with Crippen LogP contribution in [0.25, 0.3) is 0 Å². The molecule has 0 fully saturated rings. The molecule has 0 aliphatic carbocycles. The van der Waals surface area contributed by atoms with Gasteiger partial charge in [-0.05, 0) is 61.4 Å². The molecule has 2 aromatic rings. The third-order valence-electron chi connectivity index (χ3n) is 2.55. The lowest BCUT2D eigenvalue weighted by Gasteiger charge is -2.06. The van der Waals surface area contributed by atoms with Crippen molar-refractivity contribution in [3.63, 3.8) is 0 Å². The minimum Gasteiger partial charge on any atom is -0.508 e. The van der Waals surface area contributed by atoms with Crippen molar-refractivity contribution in [3.05, 3.63) is 47.5 Å². The largest absolute Gasteiger partial charge is 0.508 e. The highest BCUT2D eigenvalue weighted by Gasteiger charge is 2.03. The molecule has 0 aliphatic heterocycles. The van der Waals surface area contributed by atoms with Gasteiger partial charge in [-0.3, -0.25) is 0 Å². The fourth-order valence-corrected chi connectivity index (χ4v) is 3.78. The Balaban J connectivity index is 2.09. The summed E-state index contributed by atoms with van der Waals surface area (Å²) in [5.74, 6) is 0.618. The van der Waals surface area contributed by atoms with Crippen LogP contribution in [0.3, 0.4) is 0 Å². The van der Waals surface area contributed by atoms with Gasteiger partial charge in [0.2, 0.25) is 0 Å². The molecule has 0 bridgehead atoms. The zero-order chi connectivity index (χ0) is 13.1. The third-order valence-corrected chi connectivity index (χ3v) is 5.09. The number of aryl methyl sites for hydroxylation is 2. The van der Waals surface area contributed by atoms with Crippen LogP contribution in [-0.2, 0) is 0 Å². The lowest BCUT2D eigenvalue weighted by atomic mass is 10.2. The molecule has 0 amide bonds. The highest BCUT2D eigenvalue weighted by atomic mass is 33.1. The van der Waals surface area contributed by atoms with Crippen LogP contribution >= 0.6 is 21.6 Å². The quantitative estimate of drug-likeness (QED) is 0.810. The summed E-state index contributed by atoms with van der Waals surface area (Å²) in [4.78, 5) is 2.23. The fourth-order valence-electron chi connectivity index (χ4n) is 1.50. The van der Waals surface area contributed by atoms with Crippen molar-refractivity contribution in [3.8, 4) is 11.5 Å². The third kappa shape index (κ3) is 3.15. The summed E-state index contributed by atoms with van der Waals surface area (Å²) in [6, 6.07) is 10.9. The molecule has 0 radical (unpaired) electrons. The smallest absolute Gasteiger partial charge is 0.118 e. The number of aromatic hydroxyl groups is 2. The van der Waals surface area contributed by atoms with Crippen molar-refractivity contribution in [2.45, 2.75) is 23.6 Å². The van der Waals surface area contributed by atoms with Gasteiger partial charge in [-0.1, -0.05) is 21.6 Å².